The number of hydrogen-bond donors (Lipinski definition) is 0. The highest BCUT2D eigenvalue weighted by Gasteiger charge is 2.05. The van der Waals surface area contributed by atoms with Crippen LogP contribution in [-0.4, -0.2) is 5.78 Å². The van der Waals surface area contributed by atoms with Crippen LogP contribution in [0.5, 0.6) is 0 Å². The van der Waals surface area contributed by atoms with Crippen LogP contribution in [0.25, 0.3) is 6.08 Å². The smallest absolute Gasteiger partial charge is 0.221 e. The Balaban J connectivity index is 2.13. The molecule has 0 N–H and O–H groups in total. The van der Waals surface area contributed by atoms with E-state index in [1.165, 1.54) is 6.08 Å². The summed E-state index contributed by atoms with van der Waals surface area (Å²) >= 11 is 5.84. The minimum absolute atomic E-state index is 0.155. The fourth-order valence-electron chi connectivity index (χ4n) is 1.43. The molecule has 86 valence electrons. The zero-order chi connectivity index (χ0) is 12.3. The molecule has 0 unspecified atom stereocenters. The Bertz CT molecular complexity index is 567. The first-order valence-corrected chi connectivity index (χ1v) is 5.57. The summed E-state index contributed by atoms with van der Waals surface area (Å²) in [7, 11) is 0. The third-order valence-corrected chi connectivity index (χ3v) is 2.49. The second-order valence-corrected chi connectivity index (χ2v) is 4.10. The van der Waals surface area contributed by atoms with Gasteiger partial charge in [-0.05, 0) is 42.8 Å². The van der Waals surface area contributed by atoms with Gasteiger partial charge in [0.15, 0.2) is 5.76 Å². The second kappa shape index (κ2) is 5.02. The summed E-state index contributed by atoms with van der Waals surface area (Å²) < 4.78 is 5.23. The summed E-state index contributed by atoms with van der Waals surface area (Å²) in [6, 6.07) is 10.7. The number of aryl methyl sites for hydroxylation is 1. The molecule has 0 saturated carbocycles. The molecule has 2 rings (SSSR count). The van der Waals surface area contributed by atoms with Crippen LogP contribution in [0, 0.1) is 6.92 Å². The molecule has 0 radical (unpaired) electrons. The molecule has 0 atom stereocenters. The number of carbonyl (C=O) groups is 1. The Morgan fingerprint density at radius 2 is 2.12 bits per heavy atom. The summed E-state index contributed by atoms with van der Waals surface area (Å²) in [4.78, 5) is 11.7. The maximum absolute atomic E-state index is 11.7. The molecule has 3 heteroatoms. The molecule has 0 aliphatic rings. The van der Waals surface area contributed by atoms with E-state index in [0.717, 1.165) is 11.3 Å². The van der Waals surface area contributed by atoms with Gasteiger partial charge in [-0.15, -0.1) is 0 Å². The fraction of sp³-hybridized carbons (Fsp3) is 0.0714. The fourth-order valence-corrected chi connectivity index (χ4v) is 1.63. The van der Waals surface area contributed by atoms with Gasteiger partial charge >= 0.3 is 0 Å². The van der Waals surface area contributed by atoms with E-state index in [0.29, 0.717) is 10.8 Å². The standard InChI is InChI=1S/C14H11ClO2/c1-10-5-8-14(17-10)13(16)7-6-11-3-2-4-12(15)9-11/h2-9H,1H3/b7-6+. The van der Waals surface area contributed by atoms with Crippen LogP contribution in [0.2, 0.25) is 5.02 Å². The Hall–Kier alpha value is -1.80. The van der Waals surface area contributed by atoms with E-state index in [1.807, 2.05) is 12.1 Å². The maximum Gasteiger partial charge on any atom is 0.221 e. The molecule has 0 amide bonds. The molecule has 0 fully saturated rings. The van der Waals surface area contributed by atoms with Crippen molar-refractivity contribution in [2.75, 3.05) is 0 Å². The van der Waals surface area contributed by atoms with Gasteiger partial charge in [0.25, 0.3) is 0 Å². The molecule has 1 aromatic carbocycles. The number of allylic oxidation sites excluding steroid dienone is 1. The number of furan rings is 1. The van der Waals surface area contributed by atoms with E-state index in [1.54, 1.807) is 37.3 Å². The van der Waals surface area contributed by atoms with Crippen LogP contribution in [0.1, 0.15) is 21.9 Å². The third kappa shape index (κ3) is 3.08. The average Bonchev–Trinajstić information content (AvgIpc) is 2.73. The number of hydrogen-bond acceptors (Lipinski definition) is 2. The van der Waals surface area contributed by atoms with Crippen molar-refractivity contribution in [1.82, 2.24) is 0 Å². The van der Waals surface area contributed by atoms with Crippen molar-refractivity contribution in [3.63, 3.8) is 0 Å². The molecule has 17 heavy (non-hydrogen) atoms. The Kier molecular flexibility index (Phi) is 3.45. The van der Waals surface area contributed by atoms with Gasteiger partial charge in [0.2, 0.25) is 5.78 Å². The van der Waals surface area contributed by atoms with Gasteiger partial charge in [-0.3, -0.25) is 4.79 Å². The lowest BCUT2D eigenvalue weighted by Crippen LogP contribution is -1.90. The lowest BCUT2D eigenvalue weighted by atomic mass is 10.2. The molecule has 0 spiro atoms. The Morgan fingerprint density at radius 3 is 2.76 bits per heavy atom. The van der Waals surface area contributed by atoms with Crippen molar-refractivity contribution in [2.24, 2.45) is 0 Å². The minimum Gasteiger partial charge on any atom is -0.458 e. The highest BCUT2D eigenvalue weighted by Crippen LogP contribution is 2.13. The second-order valence-electron chi connectivity index (χ2n) is 3.66. The Labute approximate surface area is 105 Å². The van der Waals surface area contributed by atoms with Gasteiger partial charge < -0.3 is 4.42 Å². The van der Waals surface area contributed by atoms with E-state index in [-0.39, 0.29) is 5.78 Å². The van der Waals surface area contributed by atoms with Gasteiger partial charge in [-0.2, -0.15) is 0 Å². The number of benzene rings is 1. The van der Waals surface area contributed by atoms with Gasteiger partial charge in [-0.25, -0.2) is 0 Å². The summed E-state index contributed by atoms with van der Waals surface area (Å²) in [6.45, 7) is 1.80. The third-order valence-electron chi connectivity index (χ3n) is 2.26. The normalized spacial score (nSPS) is 10.9. The molecule has 1 heterocycles. The number of rotatable bonds is 3. The SMILES string of the molecule is Cc1ccc(C(=O)/C=C/c2cccc(Cl)c2)o1. The number of ketones is 1. The van der Waals surface area contributed by atoms with E-state index >= 15 is 0 Å². The van der Waals surface area contributed by atoms with Gasteiger partial charge in [0.1, 0.15) is 5.76 Å². The summed E-state index contributed by atoms with van der Waals surface area (Å²) in [5.74, 6) is 0.920. The summed E-state index contributed by atoms with van der Waals surface area (Å²) in [6.07, 6.45) is 3.19. The van der Waals surface area contributed by atoms with Crippen LogP contribution in [0.4, 0.5) is 0 Å². The molecule has 2 nitrogen and oxygen atoms in total. The molecule has 0 aliphatic carbocycles. The monoisotopic (exact) mass is 246 g/mol. The summed E-state index contributed by atoms with van der Waals surface area (Å²) in [5.41, 5.74) is 0.883. The lowest BCUT2D eigenvalue weighted by Gasteiger charge is -1.93. The van der Waals surface area contributed by atoms with E-state index in [4.69, 9.17) is 16.0 Å². The van der Waals surface area contributed by atoms with Crippen molar-refractivity contribution < 1.29 is 9.21 Å². The van der Waals surface area contributed by atoms with Gasteiger partial charge in [-0.1, -0.05) is 29.8 Å². The molecular weight excluding hydrogens is 236 g/mol. The largest absolute Gasteiger partial charge is 0.458 e. The first-order valence-electron chi connectivity index (χ1n) is 5.19. The number of halogens is 1. The first-order chi connectivity index (χ1) is 8.15. The van der Waals surface area contributed by atoms with Crippen LogP contribution < -0.4 is 0 Å². The van der Waals surface area contributed by atoms with Crippen molar-refractivity contribution in [1.29, 1.82) is 0 Å². The zero-order valence-electron chi connectivity index (χ0n) is 9.31. The first kappa shape index (κ1) is 11.7. The van der Waals surface area contributed by atoms with E-state index in [2.05, 4.69) is 0 Å². The predicted molar refractivity (Wildman–Crippen MR) is 68.3 cm³/mol. The quantitative estimate of drug-likeness (QED) is 0.602. The number of carbonyl (C=O) groups excluding carboxylic acids is 1. The molecule has 2 aromatic rings. The highest BCUT2D eigenvalue weighted by molar-refractivity contribution is 6.30. The molecule has 0 saturated heterocycles. The average molecular weight is 247 g/mol. The summed E-state index contributed by atoms with van der Waals surface area (Å²) in [5, 5.41) is 0.647. The molecular formula is C14H11ClO2. The van der Waals surface area contributed by atoms with Crippen LogP contribution >= 0.6 is 11.6 Å². The maximum atomic E-state index is 11.7. The van der Waals surface area contributed by atoms with Crippen molar-refractivity contribution in [3.8, 4) is 0 Å². The van der Waals surface area contributed by atoms with Gasteiger partial charge in [0, 0.05) is 5.02 Å². The topological polar surface area (TPSA) is 30.2 Å². The zero-order valence-corrected chi connectivity index (χ0v) is 10.1. The minimum atomic E-state index is -0.155. The van der Waals surface area contributed by atoms with Crippen LogP contribution in [0.3, 0.4) is 0 Å². The highest BCUT2D eigenvalue weighted by atomic mass is 35.5. The lowest BCUT2D eigenvalue weighted by molar-refractivity contribution is 0.102. The van der Waals surface area contributed by atoms with Crippen molar-refractivity contribution >= 4 is 23.5 Å². The van der Waals surface area contributed by atoms with Crippen LogP contribution in [0.15, 0.2) is 46.9 Å². The van der Waals surface area contributed by atoms with Crippen molar-refractivity contribution in [2.45, 2.75) is 6.92 Å². The van der Waals surface area contributed by atoms with E-state index in [9.17, 15) is 4.79 Å². The van der Waals surface area contributed by atoms with Gasteiger partial charge in [0.05, 0.1) is 0 Å². The van der Waals surface area contributed by atoms with Crippen LogP contribution in [-0.2, 0) is 0 Å². The molecule has 0 aliphatic heterocycles. The Morgan fingerprint density at radius 1 is 1.29 bits per heavy atom. The van der Waals surface area contributed by atoms with Crippen molar-refractivity contribution in [3.05, 3.63) is 64.6 Å². The molecule has 0 bridgehead atoms. The molecule has 1 aromatic heterocycles. The van der Waals surface area contributed by atoms with E-state index < -0.39 is 0 Å². The predicted octanol–water partition coefficient (Wildman–Crippen LogP) is 4.14.